The van der Waals surface area contributed by atoms with Crippen LogP contribution < -0.4 is 15.2 Å². The van der Waals surface area contributed by atoms with Gasteiger partial charge in [-0.05, 0) is 31.2 Å². The summed E-state index contributed by atoms with van der Waals surface area (Å²) in [6.07, 6.45) is 0. The van der Waals surface area contributed by atoms with Gasteiger partial charge in [-0.2, -0.15) is 0 Å². The smallest absolute Gasteiger partial charge is 0.150 e. The number of aryl methyl sites for hydroxylation is 1. The van der Waals surface area contributed by atoms with E-state index in [0.29, 0.717) is 11.4 Å². The number of hydrogen-bond acceptors (Lipinski definition) is 3. The van der Waals surface area contributed by atoms with E-state index in [0.717, 1.165) is 11.5 Å². The second-order valence-electron chi connectivity index (χ2n) is 3.82. The normalized spacial score (nSPS) is 10.0. The van der Waals surface area contributed by atoms with Gasteiger partial charge in [0, 0.05) is 6.07 Å². The summed E-state index contributed by atoms with van der Waals surface area (Å²) < 4.78 is 10.8. The second-order valence-corrected chi connectivity index (χ2v) is 3.82. The van der Waals surface area contributed by atoms with Crippen molar-refractivity contribution in [3.8, 4) is 17.2 Å². The predicted octanol–water partition coefficient (Wildman–Crippen LogP) is 3.38. The summed E-state index contributed by atoms with van der Waals surface area (Å²) in [5.74, 6) is 2.13. The number of ether oxygens (including phenoxy) is 2. The average molecular weight is 229 g/mol. The molecule has 3 heteroatoms. The molecule has 2 aromatic rings. The van der Waals surface area contributed by atoms with E-state index < -0.39 is 0 Å². The Morgan fingerprint density at radius 3 is 2.18 bits per heavy atom. The largest absolute Gasteiger partial charge is 0.497 e. The summed E-state index contributed by atoms with van der Waals surface area (Å²) >= 11 is 0. The van der Waals surface area contributed by atoms with Crippen LogP contribution in [0.1, 0.15) is 5.56 Å². The Morgan fingerprint density at radius 2 is 1.59 bits per heavy atom. The number of methoxy groups -OCH3 is 1. The van der Waals surface area contributed by atoms with E-state index in [1.165, 1.54) is 5.56 Å². The molecule has 3 nitrogen and oxygen atoms in total. The molecule has 0 aliphatic heterocycles. The van der Waals surface area contributed by atoms with Crippen molar-refractivity contribution in [2.24, 2.45) is 0 Å². The van der Waals surface area contributed by atoms with E-state index in [1.807, 2.05) is 37.3 Å². The van der Waals surface area contributed by atoms with E-state index in [1.54, 1.807) is 19.2 Å². The minimum Gasteiger partial charge on any atom is -0.497 e. The highest BCUT2D eigenvalue weighted by Gasteiger charge is 2.03. The number of benzene rings is 2. The van der Waals surface area contributed by atoms with Crippen molar-refractivity contribution >= 4 is 5.69 Å². The molecule has 0 spiro atoms. The maximum Gasteiger partial charge on any atom is 0.150 e. The number of nitrogens with two attached hydrogens (primary N) is 1. The molecular weight excluding hydrogens is 214 g/mol. The fourth-order valence-corrected chi connectivity index (χ4v) is 1.48. The van der Waals surface area contributed by atoms with Crippen LogP contribution in [0, 0.1) is 6.92 Å². The zero-order valence-corrected chi connectivity index (χ0v) is 9.94. The summed E-state index contributed by atoms with van der Waals surface area (Å²) in [7, 11) is 1.61. The zero-order chi connectivity index (χ0) is 12.3. The van der Waals surface area contributed by atoms with E-state index >= 15 is 0 Å². The fourth-order valence-electron chi connectivity index (χ4n) is 1.48. The number of rotatable bonds is 3. The van der Waals surface area contributed by atoms with Gasteiger partial charge in [0.2, 0.25) is 0 Å². The van der Waals surface area contributed by atoms with Gasteiger partial charge in [-0.1, -0.05) is 17.7 Å². The summed E-state index contributed by atoms with van der Waals surface area (Å²) in [4.78, 5) is 0. The van der Waals surface area contributed by atoms with Gasteiger partial charge >= 0.3 is 0 Å². The molecule has 0 saturated heterocycles. The summed E-state index contributed by atoms with van der Waals surface area (Å²) in [6, 6.07) is 13.2. The Hall–Kier alpha value is -2.16. The Morgan fingerprint density at radius 1 is 0.941 bits per heavy atom. The third-order valence-corrected chi connectivity index (χ3v) is 2.47. The zero-order valence-electron chi connectivity index (χ0n) is 9.94. The third kappa shape index (κ3) is 2.69. The van der Waals surface area contributed by atoms with E-state index in [9.17, 15) is 0 Å². The first-order valence-electron chi connectivity index (χ1n) is 5.37. The standard InChI is InChI=1S/C14H15NO2/c1-10-3-5-11(6-4-10)17-14-8-7-12(16-2)9-13(14)15/h3-9H,15H2,1-2H3. The lowest BCUT2D eigenvalue weighted by Gasteiger charge is -2.09. The molecule has 0 atom stereocenters. The Balaban J connectivity index is 2.21. The molecule has 88 valence electrons. The van der Waals surface area contributed by atoms with Crippen LogP contribution in [-0.2, 0) is 0 Å². The molecule has 0 aromatic heterocycles. The van der Waals surface area contributed by atoms with Crippen molar-refractivity contribution in [3.63, 3.8) is 0 Å². The first-order chi connectivity index (χ1) is 8.19. The van der Waals surface area contributed by atoms with Gasteiger partial charge in [0.05, 0.1) is 12.8 Å². The van der Waals surface area contributed by atoms with Crippen molar-refractivity contribution in [1.29, 1.82) is 0 Å². The SMILES string of the molecule is COc1ccc(Oc2ccc(C)cc2)c(N)c1. The number of hydrogen-bond donors (Lipinski definition) is 1. The maximum atomic E-state index is 5.87. The molecule has 0 fully saturated rings. The van der Waals surface area contributed by atoms with Gasteiger partial charge in [-0.25, -0.2) is 0 Å². The van der Waals surface area contributed by atoms with Crippen LogP contribution in [0.5, 0.6) is 17.2 Å². The van der Waals surface area contributed by atoms with Crippen LogP contribution >= 0.6 is 0 Å². The fraction of sp³-hybridized carbons (Fsp3) is 0.143. The van der Waals surface area contributed by atoms with Gasteiger partial charge in [0.25, 0.3) is 0 Å². The molecular formula is C14H15NO2. The highest BCUT2D eigenvalue weighted by molar-refractivity contribution is 5.57. The Kier molecular flexibility index (Phi) is 3.19. The summed E-state index contributed by atoms with van der Waals surface area (Å²) in [5.41, 5.74) is 7.62. The van der Waals surface area contributed by atoms with Crippen LogP contribution in [0.4, 0.5) is 5.69 Å². The van der Waals surface area contributed by atoms with Crippen LogP contribution in [0.25, 0.3) is 0 Å². The molecule has 0 saturated carbocycles. The quantitative estimate of drug-likeness (QED) is 0.820. The molecule has 2 rings (SSSR count). The molecule has 17 heavy (non-hydrogen) atoms. The summed E-state index contributed by atoms with van der Waals surface area (Å²) in [6.45, 7) is 2.03. The van der Waals surface area contributed by atoms with E-state index in [2.05, 4.69) is 0 Å². The minimum absolute atomic E-state index is 0.560. The van der Waals surface area contributed by atoms with Gasteiger partial charge < -0.3 is 15.2 Å². The lowest BCUT2D eigenvalue weighted by atomic mass is 10.2. The topological polar surface area (TPSA) is 44.5 Å². The Labute approximate surface area is 101 Å². The van der Waals surface area contributed by atoms with Crippen LogP contribution in [-0.4, -0.2) is 7.11 Å². The van der Waals surface area contributed by atoms with E-state index in [-0.39, 0.29) is 0 Å². The number of nitrogen functional groups attached to an aromatic ring is 1. The average Bonchev–Trinajstić information content (AvgIpc) is 2.34. The highest BCUT2D eigenvalue weighted by Crippen LogP contribution is 2.30. The van der Waals surface area contributed by atoms with Crippen molar-refractivity contribution in [3.05, 3.63) is 48.0 Å². The monoisotopic (exact) mass is 229 g/mol. The van der Waals surface area contributed by atoms with Crippen LogP contribution in [0.2, 0.25) is 0 Å². The minimum atomic E-state index is 0.560. The number of anilines is 1. The molecule has 0 radical (unpaired) electrons. The molecule has 0 amide bonds. The molecule has 0 unspecified atom stereocenters. The lowest BCUT2D eigenvalue weighted by Crippen LogP contribution is -1.93. The van der Waals surface area contributed by atoms with Gasteiger partial charge in [-0.15, -0.1) is 0 Å². The lowest BCUT2D eigenvalue weighted by molar-refractivity contribution is 0.413. The third-order valence-electron chi connectivity index (χ3n) is 2.47. The van der Waals surface area contributed by atoms with Gasteiger partial charge in [-0.3, -0.25) is 0 Å². The van der Waals surface area contributed by atoms with Crippen molar-refractivity contribution in [2.75, 3.05) is 12.8 Å². The maximum absolute atomic E-state index is 5.87. The highest BCUT2D eigenvalue weighted by atomic mass is 16.5. The first-order valence-corrected chi connectivity index (χ1v) is 5.37. The van der Waals surface area contributed by atoms with Crippen LogP contribution in [0.15, 0.2) is 42.5 Å². The second kappa shape index (κ2) is 4.78. The van der Waals surface area contributed by atoms with Crippen molar-refractivity contribution in [2.45, 2.75) is 6.92 Å². The molecule has 2 N–H and O–H groups in total. The van der Waals surface area contributed by atoms with E-state index in [4.69, 9.17) is 15.2 Å². The van der Waals surface area contributed by atoms with Crippen molar-refractivity contribution < 1.29 is 9.47 Å². The molecule has 0 aliphatic carbocycles. The van der Waals surface area contributed by atoms with Crippen LogP contribution in [0.3, 0.4) is 0 Å². The van der Waals surface area contributed by atoms with Gasteiger partial charge in [0.15, 0.2) is 5.75 Å². The Bertz CT molecular complexity index is 506. The molecule has 2 aromatic carbocycles. The molecule has 0 aliphatic rings. The molecule has 0 heterocycles. The molecule has 0 bridgehead atoms. The van der Waals surface area contributed by atoms with Gasteiger partial charge in [0.1, 0.15) is 11.5 Å². The summed E-state index contributed by atoms with van der Waals surface area (Å²) in [5, 5.41) is 0. The first kappa shape index (κ1) is 11.3. The predicted molar refractivity (Wildman–Crippen MR) is 68.7 cm³/mol. The van der Waals surface area contributed by atoms with Crippen molar-refractivity contribution in [1.82, 2.24) is 0 Å².